The largest absolute Gasteiger partial charge is 0.497 e. The van der Waals surface area contributed by atoms with Crippen molar-refractivity contribution in [3.63, 3.8) is 0 Å². The second-order valence-corrected chi connectivity index (χ2v) is 5.47. The van der Waals surface area contributed by atoms with Crippen LogP contribution in [-0.4, -0.2) is 25.2 Å². The number of hydrogen-bond donors (Lipinski definition) is 1. The lowest BCUT2D eigenvalue weighted by Crippen LogP contribution is -2.39. The van der Waals surface area contributed by atoms with Crippen molar-refractivity contribution >= 4 is 11.8 Å². The summed E-state index contributed by atoms with van der Waals surface area (Å²) in [6, 6.07) is 8.40. The third kappa shape index (κ3) is 2.20. The normalized spacial score (nSPS) is 25.4. The molecule has 0 spiro atoms. The minimum Gasteiger partial charge on any atom is -0.497 e. The molecular weight excluding hydrogens is 218 g/mol. The maximum Gasteiger partial charge on any atom is 0.118 e. The highest BCUT2D eigenvalue weighted by Crippen LogP contribution is 2.37. The fraction of sp³-hybridized carbons (Fsp3) is 0.538. The summed E-state index contributed by atoms with van der Waals surface area (Å²) in [5, 5.41) is 0. The predicted molar refractivity (Wildman–Crippen MR) is 70.3 cm³/mol. The van der Waals surface area contributed by atoms with Crippen molar-refractivity contribution in [2.75, 3.05) is 25.2 Å². The fourth-order valence-electron chi connectivity index (χ4n) is 2.30. The Labute approximate surface area is 102 Å². The third-order valence-corrected chi connectivity index (χ3v) is 4.75. The summed E-state index contributed by atoms with van der Waals surface area (Å²) in [4.78, 5) is 0. The monoisotopic (exact) mass is 237 g/mol. The van der Waals surface area contributed by atoms with Crippen LogP contribution in [0.15, 0.2) is 24.3 Å². The fourth-order valence-corrected chi connectivity index (χ4v) is 3.62. The molecule has 16 heavy (non-hydrogen) atoms. The molecule has 1 heterocycles. The first-order valence-corrected chi connectivity index (χ1v) is 6.88. The Hall–Kier alpha value is -0.670. The summed E-state index contributed by atoms with van der Waals surface area (Å²) in [6.07, 6.45) is 2.48. The van der Waals surface area contributed by atoms with Gasteiger partial charge in [-0.25, -0.2) is 0 Å². The molecule has 1 unspecified atom stereocenters. The highest BCUT2D eigenvalue weighted by atomic mass is 32.2. The van der Waals surface area contributed by atoms with Gasteiger partial charge in [0.1, 0.15) is 5.75 Å². The van der Waals surface area contributed by atoms with Gasteiger partial charge >= 0.3 is 0 Å². The van der Waals surface area contributed by atoms with Crippen LogP contribution in [0.1, 0.15) is 18.4 Å². The van der Waals surface area contributed by atoms with Crippen LogP contribution in [0, 0.1) is 0 Å². The predicted octanol–water partition coefficient (Wildman–Crippen LogP) is 2.42. The summed E-state index contributed by atoms with van der Waals surface area (Å²) in [7, 11) is 1.70. The topological polar surface area (TPSA) is 35.2 Å². The van der Waals surface area contributed by atoms with Gasteiger partial charge in [0.25, 0.3) is 0 Å². The van der Waals surface area contributed by atoms with Gasteiger partial charge in [0.15, 0.2) is 0 Å². The van der Waals surface area contributed by atoms with Crippen molar-refractivity contribution in [3.05, 3.63) is 29.8 Å². The van der Waals surface area contributed by atoms with Gasteiger partial charge in [0, 0.05) is 17.7 Å². The Morgan fingerprint density at radius 3 is 2.62 bits per heavy atom. The molecule has 1 aliphatic heterocycles. The molecule has 1 aromatic carbocycles. The molecule has 3 heteroatoms. The Bertz CT molecular complexity index is 330. The van der Waals surface area contributed by atoms with Crippen molar-refractivity contribution in [2.24, 2.45) is 5.73 Å². The van der Waals surface area contributed by atoms with E-state index < -0.39 is 0 Å². The summed E-state index contributed by atoms with van der Waals surface area (Å²) in [6.45, 7) is 0.742. The van der Waals surface area contributed by atoms with E-state index in [0.29, 0.717) is 0 Å². The van der Waals surface area contributed by atoms with Crippen molar-refractivity contribution in [1.82, 2.24) is 0 Å². The number of nitrogens with two attached hydrogens (primary N) is 1. The van der Waals surface area contributed by atoms with Gasteiger partial charge in [-0.1, -0.05) is 12.1 Å². The molecule has 0 aromatic heterocycles. The zero-order chi connectivity index (χ0) is 11.4. The molecule has 0 bridgehead atoms. The molecule has 2 N–H and O–H groups in total. The van der Waals surface area contributed by atoms with E-state index in [2.05, 4.69) is 12.1 Å². The zero-order valence-corrected chi connectivity index (χ0v) is 10.6. The number of thioether (sulfide) groups is 1. The number of hydrogen-bond acceptors (Lipinski definition) is 3. The molecule has 0 radical (unpaired) electrons. The van der Waals surface area contributed by atoms with Gasteiger partial charge in [-0.15, -0.1) is 0 Å². The second-order valence-electron chi connectivity index (χ2n) is 4.37. The Morgan fingerprint density at radius 1 is 1.38 bits per heavy atom. The van der Waals surface area contributed by atoms with E-state index in [1.54, 1.807) is 7.11 Å². The molecule has 0 amide bonds. The van der Waals surface area contributed by atoms with Crippen LogP contribution in [-0.2, 0) is 5.41 Å². The van der Waals surface area contributed by atoms with Gasteiger partial charge in [0.05, 0.1) is 7.11 Å². The molecule has 0 saturated carbocycles. The van der Waals surface area contributed by atoms with Crippen LogP contribution in [0.2, 0.25) is 0 Å². The van der Waals surface area contributed by atoms with Crippen molar-refractivity contribution in [1.29, 1.82) is 0 Å². The van der Waals surface area contributed by atoms with E-state index in [4.69, 9.17) is 10.5 Å². The first kappa shape index (κ1) is 11.8. The zero-order valence-electron chi connectivity index (χ0n) is 9.74. The average Bonchev–Trinajstić information content (AvgIpc) is 2.39. The number of methoxy groups -OCH3 is 1. The van der Waals surface area contributed by atoms with Crippen molar-refractivity contribution in [3.8, 4) is 5.75 Å². The molecule has 2 nitrogen and oxygen atoms in total. The quantitative estimate of drug-likeness (QED) is 0.877. The van der Waals surface area contributed by atoms with Crippen LogP contribution >= 0.6 is 11.8 Å². The molecule has 1 saturated heterocycles. The summed E-state index contributed by atoms with van der Waals surface area (Å²) in [5.41, 5.74) is 7.55. The van der Waals surface area contributed by atoms with Crippen LogP contribution in [0.3, 0.4) is 0 Å². The molecule has 0 aliphatic carbocycles. The van der Waals surface area contributed by atoms with Crippen LogP contribution in [0.4, 0.5) is 0 Å². The first-order valence-electron chi connectivity index (χ1n) is 5.73. The van der Waals surface area contributed by atoms with Crippen LogP contribution in [0.5, 0.6) is 5.75 Å². The van der Waals surface area contributed by atoms with Crippen LogP contribution in [0.25, 0.3) is 0 Å². The van der Waals surface area contributed by atoms with Gasteiger partial charge in [0.2, 0.25) is 0 Å². The number of benzene rings is 1. The van der Waals surface area contributed by atoms with Crippen LogP contribution < -0.4 is 10.5 Å². The lowest BCUT2D eigenvalue weighted by atomic mass is 9.78. The molecular formula is C13H19NOS. The highest BCUT2D eigenvalue weighted by molar-refractivity contribution is 7.99. The first-order chi connectivity index (χ1) is 7.80. The van der Waals surface area contributed by atoms with Gasteiger partial charge in [-0.2, -0.15) is 11.8 Å². The second kappa shape index (κ2) is 5.11. The Kier molecular flexibility index (Phi) is 3.77. The molecule has 1 aromatic rings. The molecule has 1 aliphatic rings. The summed E-state index contributed by atoms with van der Waals surface area (Å²) in [5.74, 6) is 3.34. The van der Waals surface area contributed by atoms with E-state index >= 15 is 0 Å². The lowest BCUT2D eigenvalue weighted by Gasteiger charge is -2.36. The van der Waals surface area contributed by atoms with Gasteiger partial charge in [-0.3, -0.25) is 0 Å². The smallest absolute Gasteiger partial charge is 0.118 e. The van der Waals surface area contributed by atoms with E-state index in [0.717, 1.165) is 18.0 Å². The summed E-state index contributed by atoms with van der Waals surface area (Å²) < 4.78 is 5.19. The van der Waals surface area contributed by atoms with Gasteiger partial charge < -0.3 is 10.5 Å². The SMILES string of the molecule is COc1ccc(C2(CN)CCCSC2)cc1. The molecule has 88 valence electrons. The minimum absolute atomic E-state index is 0.190. The Balaban J connectivity index is 2.24. The molecule has 1 fully saturated rings. The van der Waals surface area contributed by atoms with E-state index in [1.807, 2.05) is 23.9 Å². The number of rotatable bonds is 3. The molecule has 2 rings (SSSR count). The minimum atomic E-state index is 0.190. The average molecular weight is 237 g/mol. The number of ether oxygens (including phenoxy) is 1. The Morgan fingerprint density at radius 2 is 2.12 bits per heavy atom. The maximum absolute atomic E-state index is 6.00. The van der Waals surface area contributed by atoms with E-state index in [9.17, 15) is 0 Å². The lowest BCUT2D eigenvalue weighted by molar-refractivity contribution is 0.411. The van der Waals surface area contributed by atoms with E-state index in [1.165, 1.54) is 24.2 Å². The summed E-state index contributed by atoms with van der Waals surface area (Å²) >= 11 is 2.02. The van der Waals surface area contributed by atoms with Gasteiger partial charge in [-0.05, 0) is 36.3 Å². The molecule has 1 atom stereocenters. The standard InChI is InChI=1S/C13H19NOS/c1-15-12-5-3-11(4-6-12)13(9-14)7-2-8-16-10-13/h3-6H,2,7-10,14H2,1H3. The maximum atomic E-state index is 6.00. The van der Waals surface area contributed by atoms with Crippen molar-refractivity contribution in [2.45, 2.75) is 18.3 Å². The highest BCUT2D eigenvalue weighted by Gasteiger charge is 2.32. The van der Waals surface area contributed by atoms with Crippen molar-refractivity contribution < 1.29 is 4.74 Å². The third-order valence-electron chi connectivity index (χ3n) is 3.42. The van der Waals surface area contributed by atoms with E-state index in [-0.39, 0.29) is 5.41 Å².